The highest BCUT2D eigenvalue weighted by Crippen LogP contribution is 2.25. The molecule has 1 heterocycles. The molecule has 0 aliphatic rings. The molecule has 0 spiro atoms. The lowest BCUT2D eigenvalue weighted by Crippen LogP contribution is -2.19. The second-order valence-corrected chi connectivity index (χ2v) is 6.37. The summed E-state index contributed by atoms with van der Waals surface area (Å²) in [4.78, 5) is 4.71. The zero-order chi connectivity index (χ0) is 16.4. The van der Waals surface area contributed by atoms with Gasteiger partial charge in [-0.3, -0.25) is 0 Å². The summed E-state index contributed by atoms with van der Waals surface area (Å²) in [6, 6.07) is 14.6. The van der Waals surface area contributed by atoms with Gasteiger partial charge in [0, 0.05) is 5.56 Å². The zero-order valence-corrected chi connectivity index (χ0v) is 13.5. The van der Waals surface area contributed by atoms with Gasteiger partial charge in [-0.05, 0) is 30.5 Å². The molecule has 0 radical (unpaired) electrons. The van der Waals surface area contributed by atoms with Crippen molar-refractivity contribution in [2.24, 2.45) is 11.7 Å². The summed E-state index contributed by atoms with van der Waals surface area (Å²) >= 11 is 0. The molecular weight excluding hydrogens is 289 g/mol. The molecule has 0 saturated carbocycles. The van der Waals surface area contributed by atoms with Gasteiger partial charge in [-0.25, -0.2) is 9.37 Å². The lowest BCUT2D eigenvalue weighted by atomic mass is 10.0. The van der Waals surface area contributed by atoms with Gasteiger partial charge in [-0.2, -0.15) is 0 Å². The summed E-state index contributed by atoms with van der Waals surface area (Å²) < 4.78 is 16.1. The normalized spacial score (nSPS) is 12.9. The first-order chi connectivity index (χ1) is 11.1. The van der Waals surface area contributed by atoms with Gasteiger partial charge in [0.15, 0.2) is 0 Å². The number of para-hydroxylation sites is 2. The number of fused-ring (bicyclic) bond motifs is 1. The first kappa shape index (κ1) is 15.7. The summed E-state index contributed by atoms with van der Waals surface area (Å²) in [7, 11) is 0. The van der Waals surface area contributed by atoms with E-state index >= 15 is 0 Å². The SMILES string of the molecule is CC(C)CC(N)c1nc2ccccc2n1Cc1ccccc1F. The number of imidazole rings is 1. The van der Waals surface area contributed by atoms with Crippen LogP contribution in [0.2, 0.25) is 0 Å². The number of aromatic nitrogens is 2. The standard InChI is InChI=1S/C19H22FN3/c1-13(2)11-16(21)19-22-17-9-5-6-10-18(17)23(19)12-14-7-3-4-8-15(14)20/h3-10,13,16H,11-12,21H2,1-2H3. The molecule has 0 fully saturated rings. The fourth-order valence-corrected chi connectivity index (χ4v) is 2.95. The molecular formula is C19H22FN3. The van der Waals surface area contributed by atoms with Gasteiger partial charge in [-0.15, -0.1) is 0 Å². The highest BCUT2D eigenvalue weighted by molar-refractivity contribution is 5.76. The second-order valence-electron chi connectivity index (χ2n) is 6.37. The summed E-state index contributed by atoms with van der Waals surface area (Å²) in [5, 5.41) is 0. The molecule has 0 bridgehead atoms. The number of hydrogen-bond acceptors (Lipinski definition) is 2. The highest BCUT2D eigenvalue weighted by Gasteiger charge is 2.18. The number of rotatable bonds is 5. The van der Waals surface area contributed by atoms with Gasteiger partial charge >= 0.3 is 0 Å². The van der Waals surface area contributed by atoms with Crippen molar-refractivity contribution in [2.75, 3.05) is 0 Å². The Hall–Kier alpha value is -2.20. The fraction of sp³-hybridized carbons (Fsp3) is 0.316. The van der Waals surface area contributed by atoms with Crippen molar-refractivity contribution < 1.29 is 4.39 Å². The molecule has 3 aromatic rings. The van der Waals surface area contributed by atoms with E-state index in [2.05, 4.69) is 13.8 Å². The maximum atomic E-state index is 14.1. The van der Waals surface area contributed by atoms with E-state index in [1.807, 2.05) is 41.0 Å². The Labute approximate surface area is 136 Å². The number of benzene rings is 2. The summed E-state index contributed by atoms with van der Waals surface area (Å²) in [6.07, 6.45) is 0.848. The Morgan fingerprint density at radius 1 is 1.09 bits per heavy atom. The number of hydrogen-bond donors (Lipinski definition) is 1. The molecule has 3 nitrogen and oxygen atoms in total. The zero-order valence-electron chi connectivity index (χ0n) is 13.5. The summed E-state index contributed by atoms with van der Waals surface area (Å²) in [6.45, 7) is 4.72. The molecule has 0 saturated heterocycles. The second kappa shape index (κ2) is 6.50. The molecule has 1 aromatic heterocycles. The van der Waals surface area contributed by atoms with Crippen molar-refractivity contribution in [3.05, 3.63) is 65.7 Å². The van der Waals surface area contributed by atoms with E-state index in [1.54, 1.807) is 6.07 Å². The van der Waals surface area contributed by atoms with Crippen LogP contribution in [0, 0.1) is 11.7 Å². The first-order valence-electron chi connectivity index (χ1n) is 8.00. The van der Waals surface area contributed by atoms with Crippen LogP contribution in [0.25, 0.3) is 11.0 Å². The predicted octanol–water partition coefficient (Wildman–Crippen LogP) is 4.27. The smallest absolute Gasteiger partial charge is 0.128 e. The quantitative estimate of drug-likeness (QED) is 0.764. The molecule has 0 aliphatic heterocycles. The van der Waals surface area contributed by atoms with Crippen LogP contribution in [-0.2, 0) is 6.54 Å². The molecule has 1 unspecified atom stereocenters. The van der Waals surface area contributed by atoms with Crippen molar-refractivity contribution in [2.45, 2.75) is 32.9 Å². The molecule has 120 valence electrons. The van der Waals surface area contributed by atoms with Crippen LogP contribution in [0.1, 0.15) is 37.7 Å². The predicted molar refractivity (Wildman–Crippen MR) is 91.6 cm³/mol. The van der Waals surface area contributed by atoms with E-state index in [0.29, 0.717) is 18.0 Å². The van der Waals surface area contributed by atoms with Crippen molar-refractivity contribution in [3.8, 4) is 0 Å². The van der Waals surface area contributed by atoms with Crippen LogP contribution in [0.15, 0.2) is 48.5 Å². The van der Waals surface area contributed by atoms with Gasteiger partial charge < -0.3 is 10.3 Å². The Balaban J connectivity index is 2.07. The minimum Gasteiger partial charge on any atom is -0.322 e. The van der Waals surface area contributed by atoms with Crippen LogP contribution in [0.3, 0.4) is 0 Å². The minimum absolute atomic E-state index is 0.158. The maximum absolute atomic E-state index is 14.1. The first-order valence-corrected chi connectivity index (χ1v) is 8.00. The lowest BCUT2D eigenvalue weighted by Gasteiger charge is -2.17. The van der Waals surface area contributed by atoms with E-state index < -0.39 is 0 Å². The van der Waals surface area contributed by atoms with Crippen LogP contribution in [0.5, 0.6) is 0 Å². The maximum Gasteiger partial charge on any atom is 0.128 e. The third kappa shape index (κ3) is 3.27. The highest BCUT2D eigenvalue weighted by atomic mass is 19.1. The van der Waals surface area contributed by atoms with Gasteiger partial charge in [0.05, 0.1) is 23.6 Å². The van der Waals surface area contributed by atoms with Gasteiger partial charge in [0.2, 0.25) is 0 Å². The molecule has 3 rings (SSSR count). The largest absolute Gasteiger partial charge is 0.322 e. The van der Waals surface area contributed by atoms with Crippen molar-refractivity contribution in [3.63, 3.8) is 0 Å². The topological polar surface area (TPSA) is 43.8 Å². The van der Waals surface area contributed by atoms with Gasteiger partial charge in [0.1, 0.15) is 11.6 Å². The van der Waals surface area contributed by atoms with E-state index in [4.69, 9.17) is 10.7 Å². The minimum atomic E-state index is -0.200. The molecule has 4 heteroatoms. The number of nitrogens with zero attached hydrogens (tertiary/aromatic N) is 2. The third-order valence-corrected chi connectivity index (χ3v) is 4.03. The monoisotopic (exact) mass is 311 g/mol. The van der Waals surface area contributed by atoms with Crippen molar-refractivity contribution >= 4 is 11.0 Å². The third-order valence-electron chi connectivity index (χ3n) is 4.03. The molecule has 0 aliphatic carbocycles. The Bertz CT molecular complexity index is 807. The van der Waals surface area contributed by atoms with Crippen LogP contribution in [0.4, 0.5) is 4.39 Å². The number of halogens is 1. The van der Waals surface area contributed by atoms with Gasteiger partial charge in [0.25, 0.3) is 0 Å². The van der Waals surface area contributed by atoms with Crippen LogP contribution in [-0.4, -0.2) is 9.55 Å². The van der Waals surface area contributed by atoms with E-state index in [0.717, 1.165) is 23.3 Å². The number of nitrogens with two attached hydrogens (primary N) is 1. The molecule has 2 N–H and O–H groups in total. The van der Waals surface area contributed by atoms with Gasteiger partial charge in [-0.1, -0.05) is 44.2 Å². The van der Waals surface area contributed by atoms with E-state index in [9.17, 15) is 4.39 Å². The molecule has 0 amide bonds. The molecule has 2 aromatic carbocycles. The van der Waals surface area contributed by atoms with Crippen LogP contribution < -0.4 is 5.73 Å². The Kier molecular flexibility index (Phi) is 4.44. The lowest BCUT2D eigenvalue weighted by molar-refractivity contribution is 0.479. The van der Waals surface area contributed by atoms with Crippen LogP contribution >= 0.6 is 0 Å². The average Bonchev–Trinajstić information content (AvgIpc) is 2.88. The summed E-state index contributed by atoms with van der Waals surface area (Å²) in [5.74, 6) is 1.10. The Morgan fingerprint density at radius 3 is 2.52 bits per heavy atom. The molecule has 23 heavy (non-hydrogen) atoms. The fourth-order valence-electron chi connectivity index (χ4n) is 2.95. The summed E-state index contributed by atoms with van der Waals surface area (Å²) in [5.41, 5.74) is 8.91. The molecule has 1 atom stereocenters. The Morgan fingerprint density at radius 2 is 1.78 bits per heavy atom. The van der Waals surface area contributed by atoms with Crippen molar-refractivity contribution in [1.82, 2.24) is 9.55 Å². The van der Waals surface area contributed by atoms with Crippen molar-refractivity contribution in [1.29, 1.82) is 0 Å². The average molecular weight is 311 g/mol. The van der Waals surface area contributed by atoms with E-state index in [1.165, 1.54) is 6.07 Å². The van der Waals surface area contributed by atoms with E-state index in [-0.39, 0.29) is 11.9 Å².